The first kappa shape index (κ1) is 18.5. The van der Waals surface area contributed by atoms with Crippen LogP contribution in [0, 0.1) is 0 Å². The molecule has 0 aliphatic heterocycles. The molecule has 6 heteroatoms. The fourth-order valence-corrected chi connectivity index (χ4v) is 2.54. The van der Waals surface area contributed by atoms with Crippen LogP contribution >= 0.6 is 0 Å². The van der Waals surface area contributed by atoms with E-state index in [4.69, 9.17) is 18.7 Å². The van der Waals surface area contributed by atoms with E-state index in [-0.39, 0.29) is 12.6 Å². The van der Waals surface area contributed by atoms with Gasteiger partial charge in [-0.25, -0.2) is 0 Å². The molecule has 2 aromatic carbocycles. The Labute approximate surface area is 157 Å². The van der Waals surface area contributed by atoms with Crippen LogP contribution in [-0.2, 0) is 22.6 Å². The minimum atomic E-state index is -0.284. The minimum Gasteiger partial charge on any atom is -0.497 e. The lowest BCUT2D eigenvalue weighted by Gasteiger charge is -2.04. The van der Waals surface area contributed by atoms with Crippen LogP contribution in [0.25, 0.3) is 11.3 Å². The number of hydrogen-bond acceptors (Lipinski definition) is 6. The van der Waals surface area contributed by atoms with Gasteiger partial charge in [-0.05, 0) is 48.4 Å². The number of benzene rings is 2. The summed E-state index contributed by atoms with van der Waals surface area (Å²) in [7, 11) is 3.24. The zero-order valence-electron chi connectivity index (χ0n) is 15.3. The largest absolute Gasteiger partial charge is 0.497 e. The second-order valence-electron chi connectivity index (χ2n) is 5.92. The van der Waals surface area contributed by atoms with E-state index in [0.29, 0.717) is 24.3 Å². The Morgan fingerprint density at radius 1 is 0.963 bits per heavy atom. The van der Waals surface area contributed by atoms with Crippen molar-refractivity contribution in [3.05, 3.63) is 65.9 Å². The molecule has 0 unspecified atom stereocenters. The second kappa shape index (κ2) is 8.89. The van der Waals surface area contributed by atoms with Gasteiger partial charge in [-0.15, -0.1) is 0 Å². The molecule has 140 valence electrons. The van der Waals surface area contributed by atoms with Gasteiger partial charge in [-0.1, -0.05) is 17.3 Å². The topological polar surface area (TPSA) is 70.8 Å². The van der Waals surface area contributed by atoms with Crippen molar-refractivity contribution in [1.29, 1.82) is 0 Å². The van der Waals surface area contributed by atoms with E-state index >= 15 is 0 Å². The molecule has 1 heterocycles. The zero-order chi connectivity index (χ0) is 19.1. The highest BCUT2D eigenvalue weighted by atomic mass is 16.5. The average molecular weight is 367 g/mol. The Morgan fingerprint density at radius 2 is 1.59 bits per heavy atom. The third kappa shape index (κ3) is 5.10. The number of carbonyl (C=O) groups excluding carboxylic acids is 1. The van der Waals surface area contributed by atoms with Crippen molar-refractivity contribution < 1.29 is 23.5 Å². The van der Waals surface area contributed by atoms with Gasteiger partial charge in [0.15, 0.2) is 12.4 Å². The highest BCUT2D eigenvalue weighted by Crippen LogP contribution is 2.22. The number of rotatable bonds is 8. The second-order valence-corrected chi connectivity index (χ2v) is 5.92. The van der Waals surface area contributed by atoms with E-state index in [1.165, 1.54) is 0 Å². The van der Waals surface area contributed by atoms with Gasteiger partial charge in [0, 0.05) is 18.1 Å². The van der Waals surface area contributed by atoms with Crippen LogP contribution in [0.3, 0.4) is 0 Å². The van der Waals surface area contributed by atoms with Gasteiger partial charge in [0.05, 0.1) is 14.2 Å². The summed E-state index contributed by atoms with van der Waals surface area (Å²) >= 11 is 0. The molecule has 0 spiro atoms. The van der Waals surface area contributed by atoms with Gasteiger partial charge >= 0.3 is 5.97 Å². The van der Waals surface area contributed by atoms with Crippen LogP contribution in [0.1, 0.15) is 17.7 Å². The number of ether oxygens (including phenoxy) is 3. The summed E-state index contributed by atoms with van der Waals surface area (Å²) in [5, 5.41) is 4.01. The van der Waals surface area contributed by atoms with Crippen molar-refractivity contribution in [2.45, 2.75) is 19.4 Å². The Bertz CT molecular complexity index is 868. The van der Waals surface area contributed by atoms with Crippen molar-refractivity contribution in [1.82, 2.24) is 5.16 Å². The van der Waals surface area contributed by atoms with Gasteiger partial charge in [-0.3, -0.25) is 4.79 Å². The quantitative estimate of drug-likeness (QED) is 0.560. The maximum Gasteiger partial charge on any atom is 0.306 e. The molecule has 0 amide bonds. The monoisotopic (exact) mass is 367 g/mol. The minimum absolute atomic E-state index is 0.0601. The van der Waals surface area contributed by atoms with Crippen molar-refractivity contribution in [3.63, 3.8) is 0 Å². The third-order valence-corrected chi connectivity index (χ3v) is 4.10. The van der Waals surface area contributed by atoms with Gasteiger partial charge in [-0.2, -0.15) is 0 Å². The van der Waals surface area contributed by atoms with E-state index in [1.54, 1.807) is 20.3 Å². The highest BCUT2D eigenvalue weighted by Gasteiger charge is 2.10. The summed E-state index contributed by atoms with van der Waals surface area (Å²) < 4.78 is 20.8. The lowest BCUT2D eigenvalue weighted by Crippen LogP contribution is -2.05. The molecule has 0 saturated heterocycles. The first-order valence-corrected chi connectivity index (χ1v) is 8.56. The van der Waals surface area contributed by atoms with Crippen LogP contribution in [0.2, 0.25) is 0 Å². The van der Waals surface area contributed by atoms with Gasteiger partial charge < -0.3 is 18.7 Å². The lowest BCUT2D eigenvalue weighted by atomic mass is 10.1. The van der Waals surface area contributed by atoms with Crippen molar-refractivity contribution in [2.24, 2.45) is 0 Å². The van der Waals surface area contributed by atoms with E-state index in [0.717, 1.165) is 22.6 Å². The van der Waals surface area contributed by atoms with Crippen LogP contribution in [0.4, 0.5) is 0 Å². The van der Waals surface area contributed by atoms with Crippen molar-refractivity contribution in [3.8, 4) is 22.8 Å². The first-order valence-electron chi connectivity index (χ1n) is 8.56. The predicted molar refractivity (Wildman–Crippen MR) is 99.6 cm³/mol. The Hall–Kier alpha value is -3.28. The Kier molecular flexibility index (Phi) is 6.10. The zero-order valence-corrected chi connectivity index (χ0v) is 15.3. The maximum atomic E-state index is 11.9. The molecule has 0 atom stereocenters. The molecule has 0 aliphatic rings. The standard InChI is InChI=1S/C21H21NO5/c1-24-17-8-3-15(4-9-17)5-12-21(23)26-14-19-13-20(22-27-19)16-6-10-18(25-2)11-7-16/h3-4,6-11,13H,5,12,14H2,1-2H3. The molecule has 0 saturated carbocycles. The molecule has 27 heavy (non-hydrogen) atoms. The maximum absolute atomic E-state index is 11.9. The summed E-state index contributed by atoms with van der Waals surface area (Å²) in [6.45, 7) is 0.0601. The van der Waals surface area contributed by atoms with Crippen molar-refractivity contribution in [2.75, 3.05) is 14.2 Å². The van der Waals surface area contributed by atoms with E-state index in [9.17, 15) is 4.79 Å². The molecule has 1 aromatic heterocycles. The van der Waals surface area contributed by atoms with Gasteiger partial charge in [0.2, 0.25) is 0 Å². The third-order valence-electron chi connectivity index (χ3n) is 4.10. The number of nitrogens with zero attached hydrogens (tertiary/aromatic N) is 1. The molecule has 3 aromatic rings. The molecule has 0 fully saturated rings. The summed E-state index contributed by atoms with van der Waals surface area (Å²) in [4.78, 5) is 11.9. The molecular formula is C21H21NO5. The summed E-state index contributed by atoms with van der Waals surface area (Å²) in [6.07, 6.45) is 0.905. The van der Waals surface area contributed by atoms with Gasteiger partial charge in [0.25, 0.3) is 0 Å². The predicted octanol–water partition coefficient (Wildman–Crippen LogP) is 4.03. The van der Waals surface area contributed by atoms with Crippen LogP contribution in [-0.4, -0.2) is 25.3 Å². The Balaban J connectivity index is 1.47. The molecular weight excluding hydrogens is 346 g/mol. The van der Waals surface area contributed by atoms with Crippen molar-refractivity contribution >= 4 is 5.97 Å². The lowest BCUT2D eigenvalue weighted by molar-refractivity contribution is -0.145. The number of hydrogen-bond donors (Lipinski definition) is 0. The van der Waals surface area contributed by atoms with Crippen LogP contribution in [0.15, 0.2) is 59.1 Å². The Morgan fingerprint density at radius 3 is 2.22 bits per heavy atom. The van der Waals surface area contributed by atoms with Crippen LogP contribution < -0.4 is 9.47 Å². The summed E-state index contributed by atoms with van der Waals surface area (Å²) in [6, 6.07) is 16.9. The normalized spacial score (nSPS) is 10.4. The summed E-state index contributed by atoms with van der Waals surface area (Å²) in [5.74, 6) is 1.78. The molecule has 0 bridgehead atoms. The SMILES string of the molecule is COc1ccc(CCC(=O)OCc2cc(-c3ccc(OC)cc3)no2)cc1. The molecule has 0 radical (unpaired) electrons. The smallest absolute Gasteiger partial charge is 0.306 e. The molecule has 0 aliphatic carbocycles. The van der Waals surface area contributed by atoms with E-state index in [2.05, 4.69) is 5.16 Å². The number of aromatic nitrogens is 1. The van der Waals surface area contributed by atoms with Gasteiger partial charge in [0.1, 0.15) is 17.2 Å². The van der Waals surface area contributed by atoms with E-state index < -0.39 is 0 Å². The molecule has 3 rings (SSSR count). The molecule has 6 nitrogen and oxygen atoms in total. The number of methoxy groups -OCH3 is 2. The number of carbonyl (C=O) groups is 1. The molecule has 0 N–H and O–H groups in total. The number of esters is 1. The average Bonchev–Trinajstić information content (AvgIpc) is 3.20. The van der Waals surface area contributed by atoms with E-state index in [1.807, 2.05) is 48.5 Å². The fourth-order valence-electron chi connectivity index (χ4n) is 2.54. The first-order chi connectivity index (χ1) is 13.2. The van der Waals surface area contributed by atoms with Crippen LogP contribution in [0.5, 0.6) is 11.5 Å². The number of aryl methyl sites for hydroxylation is 1. The highest BCUT2D eigenvalue weighted by molar-refractivity contribution is 5.69. The fraction of sp³-hybridized carbons (Fsp3) is 0.238. The summed E-state index contributed by atoms with van der Waals surface area (Å²) in [5.41, 5.74) is 2.63.